The number of aromatic nitrogens is 3. The van der Waals surface area contributed by atoms with Gasteiger partial charge < -0.3 is 5.11 Å². The van der Waals surface area contributed by atoms with Crippen molar-refractivity contribution in [2.45, 2.75) is 13.5 Å². The molecule has 0 aliphatic carbocycles. The molecule has 1 heterocycles. The molecule has 0 aliphatic heterocycles. The van der Waals surface area contributed by atoms with E-state index in [1.54, 1.807) is 4.68 Å². The number of halogens is 1. The number of benzene rings is 2. The van der Waals surface area contributed by atoms with Gasteiger partial charge in [-0.2, -0.15) is 0 Å². The van der Waals surface area contributed by atoms with Crippen LogP contribution in [-0.4, -0.2) is 20.1 Å². The smallest absolute Gasteiger partial charge is 0.117 e. The monoisotopic (exact) mass is 299 g/mol. The lowest BCUT2D eigenvalue weighted by Crippen LogP contribution is -2.00. The number of aliphatic hydroxyl groups excluding tert-OH is 1. The summed E-state index contributed by atoms with van der Waals surface area (Å²) in [5.41, 5.74) is 4.27. The minimum atomic E-state index is -0.163. The summed E-state index contributed by atoms with van der Waals surface area (Å²) in [5.74, 6) is 0. The van der Waals surface area contributed by atoms with Crippen LogP contribution in [0.4, 0.5) is 0 Å². The van der Waals surface area contributed by atoms with Crippen molar-refractivity contribution in [1.82, 2.24) is 15.0 Å². The summed E-state index contributed by atoms with van der Waals surface area (Å²) in [4.78, 5) is 0. The van der Waals surface area contributed by atoms with E-state index in [-0.39, 0.29) is 6.61 Å². The molecule has 0 amide bonds. The van der Waals surface area contributed by atoms with Gasteiger partial charge in [0.2, 0.25) is 0 Å². The SMILES string of the molecule is Cc1cccc(-n2nnc(CO)c2-c2ccc(Cl)cc2)c1. The topological polar surface area (TPSA) is 50.9 Å². The van der Waals surface area contributed by atoms with Crippen LogP contribution in [0.3, 0.4) is 0 Å². The Labute approximate surface area is 127 Å². The highest BCUT2D eigenvalue weighted by Gasteiger charge is 2.15. The Hall–Kier alpha value is -2.17. The summed E-state index contributed by atoms with van der Waals surface area (Å²) in [7, 11) is 0. The lowest BCUT2D eigenvalue weighted by molar-refractivity contribution is 0.277. The van der Waals surface area contributed by atoms with E-state index in [0.717, 1.165) is 22.5 Å². The molecule has 4 nitrogen and oxygen atoms in total. The van der Waals surface area contributed by atoms with Gasteiger partial charge in [-0.3, -0.25) is 0 Å². The van der Waals surface area contributed by atoms with Crippen molar-refractivity contribution in [1.29, 1.82) is 0 Å². The molecule has 5 heteroatoms. The van der Waals surface area contributed by atoms with Gasteiger partial charge in [-0.25, -0.2) is 4.68 Å². The second-order valence-corrected chi connectivity index (χ2v) is 5.24. The van der Waals surface area contributed by atoms with Crippen molar-refractivity contribution < 1.29 is 5.11 Å². The number of nitrogens with zero attached hydrogens (tertiary/aromatic N) is 3. The summed E-state index contributed by atoms with van der Waals surface area (Å²) < 4.78 is 1.74. The van der Waals surface area contributed by atoms with Crippen LogP contribution >= 0.6 is 11.6 Å². The molecule has 0 fully saturated rings. The Morgan fingerprint density at radius 2 is 1.90 bits per heavy atom. The van der Waals surface area contributed by atoms with Crippen molar-refractivity contribution in [3.05, 3.63) is 64.8 Å². The fourth-order valence-electron chi connectivity index (χ4n) is 2.26. The first-order valence-electron chi connectivity index (χ1n) is 6.57. The summed E-state index contributed by atoms with van der Waals surface area (Å²) >= 11 is 5.94. The summed E-state index contributed by atoms with van der Waals surface area (Å²) in [6, 6.07) is 15.4. The molecule has 21 heavy (non-hydrogen) atoms. The Kier molecular flexibility index (Phi) is 3.73. The zero-order chi connectivity index (χ0) is 14.8. The van der Waals surface area contributed by atoms with Gasteiger partial charge in [-0.05, 0) is 36.8 Å². The van der Waals surface area contributed by atoms with Crippen molar-refractivity contribution >= 4 is 11.6 Å². The highest BCUT2D eigenvalue weighted by Crippen LogP contribution is 2.26. The van der Waals surface area contributed by atoms with E-state index in [1.165, 1.54) is 0 Å². The van der Waals surface area contributed by atoms with Crippen molar-refractivity contribution in [2.75, 3.05) is 0 Å². The maximum absolute atomic E-state index is 9.51. The highest BCUT2D eigenvalue weighted by atomic mass is 35.5. The van der Waals surface area contributed by atoms with Gasteiger partial charge in [0, 0.05) is 10.6 Å². The molecule has 0 saturated heterocycles. The van der Waals surface area contributed by atoms with E-state index in [4.69, 9.17) is 11.6 Å². The van der Waals surface area contributed by atoms with Crippen LogP contribution < -0.4 is 0 Å². The van der Waals surface area contributed by atoms with Crippen LogP contribution in [0.2, 0.25) is 5.02 Å². The molecule has 2 aromatic carbocycles. The number of aryl methyl sites for hydroxylation is 1. The van der Waals surface area contributed by atoms with Gasteiger partial charge in [0.15, 0.2) is 0 Å². The van der Waals surface area contributed by atoms with Crippen molar-refractivity contribution in [3.8, 4) is 16.9 Å². The normalized spacial score (nSPS) is 10.8. The van der Waals surface area contributed by atoms with Gasteiger partial charge >= 0.3 is 0 Å². The van der Waals surface area contributed by atoms with Crippen molar-refractivity contribution in [3.63, 3.8) is 0 Å². The first-order valence-corrected chi connectivity index (χ1v) is 6.95. The Morgan fingerprint density at radius 1 is 1.14 bits per heavy atom. The number of rotatable bonds is 3. The first kappa shape index (κ1) is 13.8. The van der Waals surface area contributed by atoms with Crippen LogP contribution in [0.1, 0.15) is 11.3 Å². The molecule has 0 unspecified atom stereocenters. The molecular weight excluding hydrogens is 286 g/mol. The van der Waals surface area contributed by atoms with Crippen LogP contribution in [0.15, 0.2) is 48.5 Å². The zero-order valence-corrected chi connectivity index (χ0v) is 12.2. The third-order valence-electron chi connectivity index (χ3n) is 3.25. The maximum Gasteiger partial charge on any atom is 0.117 e. The molecule has 1 aromatic heterocycles. The number of hydrogen-bond acceptors (Lipinski definition) is 3. The minimum Gasteiger partial charge on any atom is -0.390 e. The number of aliphatic hydroxyl groups is 1. The highest BCUT2D eigenvalue weighted by molar-refractivity contribution is 6.30. The zero-order valence-electron chi connectivity index (χ0n) is 11.5. The molecule has 3 aromatic rings. The lowest BCUT2D eigenvalue weighted by atomic mass is 10.1. The first-order chi connectivity index (χ1) is 10.2. The summed E-state index contributed by atoms with van der Waals surface area (Å²) in [6.45, 7) is 1.86. The van der Waals surface area contributed by atoms with E-state index >= 15 is 0 Å². The van der Waals surface area contributed by atoms with E-state index < -0.39 is 0 Å². The van der Waals surface area contributed by atoms with E-state index in [0.29, 0.717) is 10.7 Å². The molecule has 3 rings (SSSR count). The Bertz CT molecular complexity index is 765. The van der Waals surface area contributed by atoms with Gasteiger partial charge in [0.25, 0.3) is 0 Å². The largest absolute Gasteiger partial charge is 0.390 e. The fourth-order valence-corrected chi connectivity index (χ4v) is 2.38. The van der Waals surface area contributed by atoms with Gasteiger partial charge in [0.1, 0.15) is 11.4 Å². The van der Waals surface area contributed by atoms with Crippen molar-refractivity contribution in [2.24, 2.45) is 0 Å². The second kappa shape index (κ2) is 5.68. The van der Waals surface area contributed by atoms with Gasteiger partial charge in [0.05, 0.1) is 12.3 Å². The average Bonchev–Trinajstić information content (AvgIpc) is 2.92. The third kappa shape index (κ3) is 2.68. The second-order valence-electron chi connectivity index (χ2n) is 4.80. The van der Waals surface area contributed by atoms with Gasteiger partial charge in [-0.1, -0.05) is 41.1 Å². The molecule has 106 valence electrons. The van der Waals surface area contributed by atoms with E-state index in [9.17, 15) is 5.11 Å². The Morgan fingerprint density at radius 3 is 2.57 bits per heavy atom. The molecule has 0 spiro atoms. The molecule has 0 saturated carbocycles. The predicted octanol–water partition coefficient (Wildman–Crippen LogP) is 3.39. The maximum atomic E-state index is 9.51. The number of hydrogen-bond donors (Lipinski definition) is 1. The minimum absolute atomic E-state index is 0.163. The lowest BCUT2D eigenvalue weighted by Gasteiger charge is -2.08. The van der Waals surface area contributed by atoms with Crippen LogP contribution in [0, 0.1) is 6.92 Å². The molecule has 0 aliphatic rings. The van der Waals surface area contributed by atoms with Crippen LogP contribution in [0.25, 0.3) is 16.9 Å². The fraction of sp³-hybridized carbons (Fsp3) is 0.125. The van der Waals surface area contributed by atoms with Crippen LogP contribution in [0.5, 0.6) is 0 Å². The molecule has 0 radical (unpaired) electrons. The predicted molar refractivity (Wildman–Crippen MR) is 82.5 cm³/mol. The van der Waals surface area contributed by atoms with Crippen LogP contribution in [-0.2, 0) is 6.61 Å². The molecule has 1 N–H and O–H groups in total. The molecule has 0 atom stereocenters. The van der Waals surface area contributed by atoms with E-state index in [1.807, 2.05) is 55.5 Å². The van der Waals surface area contributed by atoms with Gasteiger partial charge in [-0.15, -0.1) is 5.10 Å². The summed E-state index contributed by atoms with van der Waals surface area (Å²) in [5, 5.41) is 18.4. The molecular formula is C16H14ClN3O. The quantitative estimate of drug-likeness (QED) is 0.806. The standard InChI is InChI=1S/C16H14ClN3O/c1-11-3-2-4-14(9-11)20-16(15(10-21)18-19-20)12-5-7-13(17)8-6-12/h2-9,21H,10H2,1H3. The average molecular weight is 300 g/mol. The Balaban J connectivity index is 2.19. The summed E-state index contributed by atoms with van der Waals surface area (Å²) in [6.07, 6.45) is 0. The van der Waals surface area contributed by atoms with E-state index in [2.05, 4.69) is 10.3 Å². The molecule has 0 bridgehead atoms. The third-order valence-corrected chi connectivity index (χ3v) is 3.51.